The molecule has 0 atom stereocenters. The third-order valence-electron chi connectivity index (χ3n) is 2.64. The van der Waals surface area contributed by atoms with Gasteiger partial charge in [-0.05, 0) is 12.1 Å². The SMILES string of the molecule is O=C(O)c1nnn(Cc2nccs2)c1-c1cccnc1. The summed E-state index contributed by atoms with van der Waals surface area (Å²) in [6, 6.07) is 3.51. The maximum atomic E-state index is 11.3. The molecule has 20 heavy (non-hydrogen) atoms. The molecule has 0 aliphatic heterocycles. The molecule has 3 heterocycles. The predicted molar refractivity (Wildman–Crippen MR) is 71.4 cm³/mol. The van der Waals surface area contributed by atoms with Crippen LogP contribution in [0.1, 0.15) is 15.5 Å². The zero-order chi connectivity index (χ0) is 13.9. The number of hydrogen-bond donors (Lipinski definition) is 1. The first kappa shape index (κ1) is 12.4. The molecule has 0 saturated heterocycles. The highest BCUT2D eigenvalue weighted by atomic mass is 32.1. The molecular formula is C12H9N5O2S. The fourth-order valence-electron chi connectivity index (χ4n) is 1.82. The third kappa shape index (κ3) is 2.28. The van der Waals surface area contributed by atoms with Crippen LogP contribution in [0.3, 0.4) is 0 Å². The Kier molecular flexibility index (Phi) is 3.21. The summed E-state index contributed by atoms with van der Waals surface area (Å²) in [5, 5.41) is 19.6. The van der Waals surface area contributed by atoms with Gasteiger partial charge < -0.3 is 5.11 Å². The van der Waals surface area contributed by atoms with Gasteiger partial charge in [0.05, 0.1) is 6.54 Å². The Labute approximate surface area is 117 Å². The molecule has 8 heteroatoms. The molecule has 0 aromatic carbocycles. The Hall–Kier alpha value is -2.61. The van der Waals surface area contributed by atoms with Crippen molar-refractivity contribution in [1.82, 2.24) is 25.0 Å². The van der Waals surface area contributed by atoms with Crippen LogP contribution in [0.2, 0.25) is 0 Å². The van der Waals surface area contributed by atoms with E-state index >= 15 is 0 Å². The van der Waals surface area contributed by atoms with E-state index < -0.39 is 5.97 Å². The minimum absolute atomic E-state index is 0.0884. The molecule has 3 rings (SSSR count). The molecule has 0 amide bonds. The summed E-state index contributed by atoms with van der Waals surface area (Å²) in [5.41, 5.74) is 1.00. The van der Waals surface area contributed by atoms with Crippen molar-refractivity contribution in [1.29, 1.82) is 0 Å². The number of carbonyl (C=O) groups is 1. The lowest BCUT2D eigenvalue weighted by Crippen LogP contribution is -2.06. The number of nitrogens with zero attached hydrogens (tertiary/aromatic N) is 5. The largest absolute Gasteiger partial charge is 0.476 e. The minimum Gasteiger partial charge on any atom is -0.476 e. The molecule has 3 aromatic rings. The van der Waals surface area contributed by atoms with Crippen molar-refractivity contribution in [3.05, 3.63) is 46.8 Å². The van der Waals surface area contributed by atoms with Crippen LogP contribution in [0, 0.1) is 0 Å². The predicted octanol–water partition coefficient (Wildman–Crippen LogP) is 1.54. The first-order valence-electron chi connectivity index (χ1n) is 5.71. The van der Waals surface area contributed by atoms with Crippen LogP contribution in [-0.2, 0) is 6.54 Å². The number of rotatable bonds is 4. The number of aromatic nitrogens is 5. The molecule has 0 aliphatic rings. The van der Waals surface area contributed by atoms with Crippen LogP contribution >= 0.6 is 11.3 Å². The van der Waals surface area contributed by atoms with Crippen LogP contribution in [0.15, 0.2) is 36.1 Å². The number of carboxylic acids is 1. The van der Waals surface area contributed by atoms with E-state index in [1.165, 1.54) is 16.0 Å². The van der Waals surface area contributed by atoms with Gasteiger partial charge in [-0.3, -0.25) is 4.98 Å². The van der Waals surface area contributed by atoms with Crippen LogP contribution in [0.25, 0.3) is 11.3 Å². The average Bonchev–Trinajstić information content (AvgIpc) is 3.09. The average molecular weight is 287 g/mol. The van der Waals surface area contributed by atoms with Crippen molar-refractivity contribution in [2.75, 3.05) is 0 Å². The van der Waals surface area contributed by atoms with Crippen LogP contribution in [0.5, 0.6) is 0 Å². The summed E-state index contributed by atoms with van der Waals surface area (Å²) in [6.45, 7) is 0.377. The zero-order valence-corrected chi connectivity index (χ0v) is 11.0. The molecule has 0 bridgehead atoms. The molecule has 0 spiro atoms. The van der Waals surface area contributed by atoms with Crippen LogP contribution < -0.4 is 0 Å². The van der Waals surface area contributed by atoms with E-state index in [-0.39, 0.29) is 5.69 Å². The molecule has 0 radical (unpaired) electrons. The van der Waals surface area contributed by atoms with Gasteiger partial charge in [-0.2, -0.15) is 0 Å². The third-order valence-corrected chi connectivity index (χ3v) is 3.41. The lowest BCUT2D eigenvalue weighted by molar-refractivity contribution is 0.0691. The maximum Gasteiger partial charge on any atom is 0.358 e. The molecule has 1 N–H and O–H groups in total. The number of aromatic carboxylic acids is 1. The summed E-state index contributed by atoms with van der Waals surface area (Å²) in [6.07, 6.45) is 4.90. The highest BCUT2D eigenvalue weighted by Gasteiger charge is 2.21. The van der Waals surface area contributed by atoms with Gasteiger partial charge >= 0.3 is 5.97 Å². The van der Waals surface area contributed by atoms with E-state index in [2.05, 4.69) is 20.3 Å². The van der Waals surface area contributed by atoms with Gasteiger partial charge in [-0.15, -0.1) is 16.4 Å². The van der Waals surface area contributed by atoms with Crippen molar-refractivity contribution >= 4 is 17.3 Å². The molecule has 0 aliphatic carbocycles. The summed E-state index contributed by atoms with van der Waals surface area (Å²) >= 11 is 1.48. The fourth-order valence-corrected chi connectivity index (χ4v) is 2.41. The standard InChI is InChI=1S/C12H9N5O2S/c18-12(19)10-11(8-2-1-3-13-6-8)17(16-15-10)7-9-14-4-5-20-9/h1-6H,7H2,(H,18,19). The fraction of sp³-hybridized carbons (Fsp3) is 0.0833. The van der Waals surface area contributed by atoms with E-state index in [1.54, 1.807) is 30.7 Å². The second-order valence-electron chi connectivity index (χ2n) is 3.92. The van der Waals surface area contributed by atoms with Gasteiger partial charge in [0.1, 0.15) is 10.7 Å². The van der Waals surface area contributed by atoms with Gasteiger partial charge in [-0.1, -0.05) is 5.21 Å². The van der Waals surface area contributed by atoms with Gasteiger partial charge in [0, 0.05) is 29.5 Å². The summed E-state index contributed by atoms with van der Waals surface area (Å²) in [7, 11) is 0. The number of thiazole rings is 1. The quantitative estimate of drug-likeness (QED) is 0.782. The summed E-state index contributed by atoms with van der Waals surface area (Å²) in [4.78, 5) is 19.4. The number of hydrogen-bond acceptors (Lipinski definition) is 6. The van der Waals surface area contributed by atoms with Crippen molar-refractivity contribution in [3.8, 4) is 11.3 Å². The summed E-state index contributed by atoms with van der Waals surface area (Å²) in [5.74, 6) is -1.12. The highest BCUT2D eigenvalue weighted by Crippen LogP contribution is 2.22. The van der Waals surface area contributed by atoms with E-state index in [9.17, 15) is 9.90 Å². The Bertz CT molecular complexity index is 724. The summed E-state index contributed by atoms with van der Waals surface area (Å²) < 4.78 is 1.53. The molecule has 0 unspecified atom stereocenters. The molecule has 0 saturated carbocycles. The normalized spacial score (nSPS) is 10.6. The van der Waals surface area contributed by atoms with Crippen molar-refractivity contribution in [2.24, 2.45) is 0 Å². The Morgan fingerprint density at radius 2 is 2.30 bits per heavy atom. The van der Waals surface area contributed by atoms with E-state index in [0.717, 1.165) is 5.01 Å². The van der Waals surface area contributed by atoms with Crippen molar-refractivity contribution < 1.29 is 9.90 Å². The Morgan fingerprint density at radius 3 is 2.95 bits per heavy atom. The second kappa shape index (κ2) is 5.17. The highest BCUT2D eigenvalue weighted by molar-refractivity contribution is 7.09. The monoisotopic (exact) mass is 287 g/mol. The van der Waals surface area contributed by atoms with Gasteiger partial charge in [-0.25, -0.2) is 14.5 Å². The lowest BCUT2D eigenvalue weighted by atomic mass is 10.1. The van der Waals surface area contributed by atoms with Crippen LogP contribution in [-0.4, -0.2) is 36.0 Å². The molecule has 100 valence electrons. The second-order valence-corrected chi connectivity index (χ2v) is 4.90. The molecule has 0 fully saturated rings. The first-order valence-corrected chi connectivity index (χ1v) is 6.59. The van der Waals surface area contributed by atoms with Gasteiger partial charge in [0.25, 0.3) is 0 Å². The topological polar surface area (TPSA) is 93.8 Å². The van der Waals surface area contributed by atoms with Crippen molar-refractivity contribution in [3.63, 3.8) is 0 Å². The van der Waals surface area contributed by atoms with Crippen LogP contribution in [0.4, 0.5) is 0 Å². The van der Waals surface area contributed by atoms with Crippen molar-refractivity contribution in [2.45, 2.75) is 6.54 Å². The zero-order valence-electron chi connectivity index (χ0n) is 10.2. The first-order chi connectivity index (χ1) is 9.75. The Morgan fingerprint density at radius 1 is 1.40 bits per heavy atom. The molecule has 7 nitrogen and oxygen atoms in total. The van der Waals surface area contributed by atoms with Gasteiger partial charge in [0.2, 0.25) is 0 Å². The lowest BCUT2D eigenvalue weighted by Gasteiger charge is -2.05. The number of carboxylic acid groups (broad SMARTS) is 1. The van der Waals surface area contributed by atoms with E-state index in [1.807, 2.05) is 5.38 Å². The van der Waals surface area contributed by atoms with E-state index in [0.29, 0.717) is 17.8 Å². The minimum atomic E-state index is -1.12. The maximum absolute atomic E-state index is 11.3. The van der Waals surface area contributed by atoms with Gasteiger partial charge in [0.15, 0.2) is 5.69 Å². The Balaban J connectivity index is 2.09. The number of pyridine rings is 1. The van der Waals surface area contributed by atoms with E-state index in [4.69, 9.17) is 0 Å². The molecule has 3 aromatic heterocycles. The molecular weight excluding hydrogens is 278 g/mol. The smallest absolute Gasteiger partial charge is 0.358 e.